The number of rotatable bonds is 7. The summed E-state index contributed by atoms with van der Waals surface area (Å²) in [7, 11) is 8.75. The van der Waals surface area contributed by atoms with Crippen molar-refractivity contribution < 1.29 is 14.2 Å². The molecule has 1 rings (SSSR count). The van der Waals surface area contributed by atoms with E-state index in [4.69, 9.17) is 26.4 Å². The van der Waals surface area contributed by atoms with Crippen LogP contribution in [0.1, 0.15) is 0 Å². The van der Waals surface area contributed by atoms with E-state index in [1.54, 1.807) is 33.5 Å². The molecule has 0 heterocycles. The van der Waals surface area contributed by atoms with Crippen molar-refractivity contribution in [1.82, 2.24) is 10.2 Å². The van der Waals surface area contributed by atoms with Crippen LogP contribution in [0.2, 0.25) is 0 Å². The molecule has 0 unspecified atom stereocenters. The van der Waals surface area contributed by atoms with Crippen LogP contribution < -0.4 is 24.8 Å². The fraction of sp³-hybridized carbons (Fsp3) is 0.500. The van der Waals surface area contributed by atoms with Gasteiger partial charge in [-0.05, 0) is 26.3 Å². The maximum absolute atomic E-state index is 5.30. The zero-order chi connectivity index (χ0) is 15.8. The average molecular weight is 313 g/mol. The summed E-state index contributed by atoms with van der Waals surface area (Å²) in [5.74, 6) is 1.71. The zero-order valence-corrected chi connectivity index (χ0v) is 14.0. The van der Waals surface area contributed by atoms with Crippen molar-refractivity contribution in [3.63, 3.8) is 0 Å². The van der Waals surface area contributed by atoms with E-state index < -0.39 is 0 Å². The summed E-state index contributed by atoms with van der Waals surface area (Å²) >= 11 is 5.25. The Kier molecular flexibility index (Phi) is 7.04. The summed E-state index contributed by atoms with van der Waals surface area (Å²) in [4.78, 5) is 2.08. The first-order chi connectivity index (χ1) is 10.0. The number of nitrogens with one attached hydrogen (secondary N) is 2. The van der Waals surface area contributed by atoms with Crippen LogP contribution in [0.5, 0.6) is 17.2 Å². The summed E-state index contributed by atoms with van der Waals surface area (Å²) < 4.78 is 15.9. The summed E-state index contributed by atoms with van der Waals surface area (Å²) in [6.07, 6.45) is 0. The van der Waals surface area contributed by atoms with Crippen molar-refractivity contribution in [3.8, 4) is 17.2 Å². The second kappa shape index (κ2) is 8.53. The number of methoxy groups -OCH3 is 3. The summed E-state index contributed by atoms with van der Waals surface area (Å²) in [6, 6.07) is 3.61. The first kappa shape index (κ1) is 17.3. The van der Waals surface area contributed by atoms with Crippen molar-refractivity contribution in [2.75, 3.05) is 53.8 Å². The van der Waals surface area contributed by atoms with Gasteiger partial charge in [0, 0.05) is 30.9 Å². The first-order valence-electron chi connectivity index (χ1n) is 6.51. The Balaban J connectivity index is 2.77. The Labute approximate surface area is 131 Å². The Morgan fingerprint density at radius 1 is 1.10 bits per heavy atom. The molecule has 0 bridgehead atoms. The van der Waals surface area contributed by atoms with Gasteiger partial charge in [0.25, 0.3) is 0 Å². The van der Waals surface area contributed by atoms with E-state index in [-0.39, 0.29) is 0 Å². The first-order valence-corrected chi connectivity index (χ1v) is 6.92. The average Bonchev–Trinajstić information content (AvgIpc) is 2.45. The van der Waals surface area contributed by atoms with Crippen molar-refractivity contribution in [1.29, 1.82) is 0 Å². The van der Waals surface area contributed by atoms with Gasteiger partial charge in [0.1, 0.15) is 0 Å². The van der Waals surface area contributed by atoms with Crippen LogP contribution >= 0.6 is 12.2 Å². The van der Waals surface area contributed by atoms with E-state index in [1.807, 2.05) is 14.1 Å². The Morgan fingerprint density at radius 2 is 1.67 bits per heavy atom. The van der Waals surface area contributed by atoms with E-state index in [9.17, 15) is 0 Å². The number of hydrogen-bond donors (Lipinski definition) is 2. The monoisotopic (exact) mass is 313 g/mol. The van der Waals surface area contributed by atoms with Gasteiger partial charge in [0.2, 0.25) is 5.75 Å². The fourth-order valence-electron chi connectivity index (χ4n) is 1.72. The fourth-order valence-corrected chi connectivity index (χ4v) is 1.94. The van der Waals surface area contributed by atoms with Gasteiger partial charge in [-0.15, -0.1) is 0 Å². The van der Waals surface area contributed by atoms with E-state index in [0.29, 0.717) is 22.4 Å². The molecular formula is C14H23N3O3S. The van der Waals surface area contributed by atoms with Gasteiger partial charge in [-0.25, -0.2) is 0 Å². The molecular weight excluding hydrogens is 290 g/mol. The molecule has 0 radical (unpaired) electrons. The Bertz CT molecular complexity index is 456. The van der Waals surface area contributed by atoms with Crippen LogP contribution in [-0.2, 0) is 0 Å². The molecule has 1 aromatic rings. The van der Waals surface area contributed by atoms with E-state index in [0.717, 1.165) is 18.8 Å². The van der Waals surface area contributed by atoms with Gasteiger partial charge < -0.3 is 29.7 Å². The smallest absolute Gasteiger partial charge is 0.203 e. The zero-order valence-electron chi connectivity index (χ0n) is 13.1. The maximum atomic E-state index is 5.30. The molecule has 0 saturated heterocycles. The van der Waals surface area contributed by atoms with Crippen LogP contribution in [0.25, 0.3) is 0 Å². The maximum Gasteiger partial charge on any atom is 0.203 e. The third-order valence-corrected chi connectivity index (χ3v) is 3.01. The molecule has 0 aromatic heterocycles. The molecule has 118 valence electrons. The Hall–Kier alpha value is -1.73. The normalized spacial score (nSPS) is 10.2. The molecule has 7 heteroatoms. The minimum Gasteiger partial charge on any atom is -0.493 e. The lowest BCUT2D eigenvalue weighted by molar-refractivity contribution is 0.324. The van der Waals surface area contributed by atoms with Crippen LogP contribution in [-0.4, -0.2) is 58.5 Å². The molecule has 0 aliphatic rings. The number of ether oxygens (including phenoxy) is 3. The predicted octanol–water partition coefficient (Wildman–Crippen LogP) is 1.56. The number of benzene rings is 1. The predicted molar refractivity (Wildman–Crippen MR) is 88.9 cm³/mol. The van der Waals surface area contributed by atoms with Crippen molar-refractivity contribution in [3.05, 3.63) is 12.1 Å². The summed E-state index contributed by atoms with van der Waals surface area (Å²) in [5.41, 5.74) is 0.770. The van der Waals surface area contributed by atoms with Crippen LogP contribution in [0, 0.1) is 0 Å². The summed E-state index contributed by atoms with van der Waals surface area (Å²) in [5, 5.41) is 6.78. The molecule has 2 N–H and O–H groups in total. The minimum absolute atomic E-state index is 0.547. The third kappa shape index (κ3) is 5.28. The lowest BCUT2D eigenvalue weighted by Crippen LogP contribution is -2.34. The van der Waals surface area contributed by atoms with Crippen LogP contribution in [0.15, 0.2) is 12.1 Å². The quantitative estimate of drug-likeness (QED) is 0.741. The highest BCUT2D eigenvalue weighted by Crippen LogP contribution is 2.39. The molecule has 0 atom stereocenters. The number of likely N-dealkylation sites (N-methyl/N-ethyl adjacent to an activating group) is 1. The van der Waals surface area contributed by atoms with E-state index >= 15 is 0 Å². The molecule has 0 amide bonds. The van der Waals surface area contributed by atoms with E-state index in [2.05, 4.69) is 15.5 Å². The highest BCUT2D eigenvalue weighted by molar-refractivity contribution is 7.80. The molecule has 6 nitrogen and oxygen atoms in total. The minimum atomic E-state index is 0.547. The van der Waals surface area contributed by atoms with Crippen LogP contribution in [0.3, 0.4) is 0 Å². The highest BCUT2D eigenvalue weighted by atomic mass is 32.1. The van der Waals surface area contributed by atoms with Gasteiger partial charge in [-0.3, -0.25) is 0 Å². The van der Waals surface area contributed by atoms with Gasteiger partial charge in [-0.2, -0.15) is 0 Å². The lowest BCUT2D eigenvalue weighted by Gasteiger charge is -2.16. The molecule has 1 aromatic carbocycles. The number of anilines is 1. The van der Waals surface area contributed by atoms with Gasteiger partial charge in [-0.1, -0.05) is 0 Å². The second-order valence-corrected chi connectivity index (χ2v) is 5.01. The van der Waals surface area contributed by atoms with Crippen molar-refractivity contribution in [2.24, 2.45) is 0 Å². The highest BCUT2D eigenvalue weighted by Gasteiger charge is 2.13. The van der Waals surface area contributed by atoms with Crippen LogP contribution in [0.4, 0.5) is 5.69 Å². The molecule has 0 spiro atoms. The summed E-state index contributed by atoms with van der Waals surface area (Å²) in [6.45, 7) is 1.67. The topological polar surface area (TPSA) is 55.0 Å². The second-order valence-electron chi connectivity index (χ2n) is 4.60. The largest absolute Gasteiger partial charge is 0.493 e. The Morgan fingerprint density at radius 3 is 2.10 bits per heavy atom. The van der Waals surface area contributed by atoms with E-state index in [1.165, 1.54) is 0 Å². The standard InChI is InChI=1S/C14H23N3O3S/c1-17(2)7-6-15-14(21)16-10-8-11(18-3)13(20-5)12(9-10)19-4/h8-9H,6-7H2,1-5H3,(H2,15,16,21). The molecule has 0 aliphatic carbocycles. The third-order valence-electron chi connectivity index (χ3n) is 2.77. The van der Waals surface area contributed by atoms with Crippen molar-refractivity contribution >= 4 is 23.0 Å². The van der Waals surface area contributed by atoms with Gasteiger partial charge in [0.05, 0.1) is 21.3 Å². The number of hydrogen-bond acceptors (Lipinski definition) is 5. The molecule has 0 fully saturated rings. The SMILES string of the molecule is COc1cc(NC(=S)NCCN(C)C)cc(OC)c1OC. The molecule has 0 aliphatic heterocycles. The van der Waals surface area contributed by atoms with Crippen molar-refractivity contribution in [2.45, 2.75) is 0 Å². The number of nitrogens with zero attached hydrogens (tertiary/aromatic N) is 1. The van der Waals surface area contributed by atoms with Gasteiger partial charge in [0.15, 0.2) is 16.6 Å². The molecule has 0 saturated carbocycles. The number of thiocarbonyl (C=S) groups is 1. The van der Waals surface area contributed by atoms with Gasteiger partial charge >= 0.3 is 0 Å². The lowest BCUT2D eigenvalue weighted by atomic mass is 10.2. The molecule has 21 heavy (non-hydrogen) atoms.